The molecule has 4 aromatic rings. The third kappa shape index (κ3) is 6.19. The average molecular weight is 664 g/mol. The van der Waals surface area contributed by atoms with E-state index < -0.39 is 6.04 Å². The van der Waals surface area contributed by atoms with Gasteiger partial charge in [0.1, 0.15) is 11.8 Å². The second kappa shape index (κ2) is 12.7. The summed E-state index contributed by atoms with van der Waals surface area (Å²) < 4.78 is 6.67. The second-order valence-corrected chi connectivity index (χ2v) is 11.9. The van der Waals surface area contributed by atoms with Crippen LogP contribution < -0.4 is 25.6 Å². The van der Waals surface area contributed by atoms with E-state index in [-0.39, 0.29) is 36.7 Å². The zero-order valence-corrected chi connectivity index (χ0v) is 26.4. The Morgan fingerprint density at radius 2 is 1.81 bits per heavy atom. The molecule has 0 spiro atoms. The molecular formula is C33H32BrClN4O4. The Bertz CT molecular complexity index is 1710. The van der Waals surface area contributed by atoms with E-state index in [1.165, 1.54) is 4.90 Å². The van der Waals surface area contributed by atoms with Crippen molar-refractivity contribution >= 4 is 73.1 Å². The van der Waals surface area contributed by atoms with Crippen molar-refractivity contribution in [3.63, 3.8) is 0 Å². The van der Waals surface area contributed by atoms with Crippen LogP contribution in [0, 0.1) is 5.92 Å². The predicted molar refractivity (Wildman–Crippen MR) is 175 cm³/mol. The van der Waals surface area contributed by atoms with Crippen LogP contribution in [0.3, 0.4) is 0 Å². The molecule has 0 saturated heterocycles. The fourth-order valence-electron chi connectivity index (χ4n) is 5.21. The van der Waals surface area contributed by atoms with Crippen LogP contribution in [0.1, 0.15) is 36.2 Å². The Morgan fingerprint density at radius 3 is 2.51 bits per heavy atom. The van der Waals surface area contributed by atoms with E-state index in [1.807, 2.05) is 37.3 Å². The Labute approximate surface area is 263 Å². The number of carbonyl (C=O) groups is 3. The molecule has 1 aliphatic rings. The van der Waals surface area contributed by atoms with Crippen LogP contribution in [0.15, 0.2) is 77.3 Å². The van der Waals surface area contributed by atoms with Crippen LogP contribution in [-0.4, -0.2) is 37.4 Å². The number of ether oxygens (including phenoxy) is 1. The van der Waals surface area contributed by atoms with Gasteiger partial charge in [-0.15, -0.1) is 0 Å². The highest BCUT2D eigenvalue weighted by Crippen LogP contribution is 2.39. The Kier molecular flexibility index (Phi) is 8.94. The maximum atomic E-state index is 14.5. The Hall–Kier alpha value is -4.08. The number of nitrogens with one attached hydrogen (secondary N) is 1. The van der Waals surface area contributed by atoms with Gasteiger partial charge in [-0.25, -0.2) is 0 Å². The summed E-state index contributed by atoms with van der Waals surface area (Å²) in [6, 6.07) is 20.4. The van der Waals surface area contributed by atoms with E-state index in [2.05, 4.69) is 21.2 Å². The summed E-state index contributed by atoms with van der Waals surface area (Å²) in [4.78, 5) is 44.7. The van der Waals surface area contributed by atoms with Crippen LogP contribution in [0.5, 0.6) is 5.75 Å². The lowest BCUT2D eigenvalue weighted by molar-refractivity contribution is -0.129. The summed E-state index contributed by atoms with van der Waals surface area (Å²) in [7, 11) is 1.59. The molecule has 43 heavy (non-hydrogen) atoms. The summed E-state index contributed by atoms with van der Waals surface area (Å²) in [6.45, 7) is 3.74. The van der Waals surface area contributed by atoms with Gasteiger partial charge in [-0.1, -0.05) is 53.5 Å². The molecule has 3 N–H and O–H groups in total. The molecule has 0 bridgehead atoms. The number of hydrogen-bond donors (Lipinski definition) is 2. The SMILES string of the molecule is CC[C@@H](C)C(=O)N[C@H]1CN(C(=O)c2ccc(N)cc2)c2cc(Cl)ccc2N(Cc2c(OC)ccc3cc(Br)ccc23)C1=O. The number of benzene rings is 4. The molecule has 8 nitrogen and oxygen atoms in total. The lowest BCUT2D eigenvalue weighted by Crippen LogP contribution is -2.53. The molecule has 2 atom stereocenters. The van der Waals surface area contributed by atoms with Crippen LogP contribution in [0.2, 0.25) is 5.02 Å². The minimum atomic E-state index is -1.03. The molecule has 0 saturated carbocycles. The third-order valence-corrected chi connectivity index (χ3v) is 8.54. The first-order chi connectivity index (χ1) is 20.6. The fourth-order valence-corrected chi connectivity index (χ4v) is 5.75. The van der Waals surface area contributed by atoms with Crippen molar-refractivity contribution in [2.45, 2.75) is 32.9 Å². The third-order valence-electron chi connectivity index (χ3n) is 7.81. The van der Waals surface area contributed by atoms with Crippen molar-refractivity contribution in [2.75, 3.05) is 29.2 Å². The number of rotatable bonds is 7. The molecule has 4 aromatic carbocycles. The maximum Gasteiger partial charge on any atom is 0.258 e. The number of amides is 3. The van der Waals surface area contributed by atoms with Gasteiger partial charge < -0.3 is 25.6 Å². The number of halogens is 2. The highest BCUT2D eigenvalue weighted by molar-refractivity contribution is 9.10. The van der Waals surface area contributed by atoms with Gasteiger partial charge in [-0.3, -0.25) is 14.4 Å². The van der Waals surface area contributed by atoms with Crippen molar-refractivity contribution in [1.82, 2.24) is 5.32 Å². The average Bonchev–Trinajstić information content (AvgIpc) is 3.10. The smallest absolute Gasteiger partial charge is 0.258 e. The maximum absolute atomic E-state index is 14.5. The van der Waals surface area contributed by atoms with Crippen molar-refractivity contribution in [3.8, 4) is 5.75 Å². The monoisotopic (exact) mass is 662 g/mol. The molecule has 1 aliphatic heterocycles. The molecule has 3 amide bonds. The van der Waals surface area contributed by atoms with Crippen molar-refractivity contribution in [3.05, 3.63) is 93.4 Å². The normalized spacial score (nSPS) is 15.6. The molecule has 0 aliphatic carbocycles. The molecule has 5 rings (SSSR count). The number of nitrogens with zero attached hydrogens (tertiary/aromatic N) is 2. The molecule has 0 aromatic heterocycles. The number of nitrogens with two attached hydrogens (primary N) is 1. The van der Waals surface area contributed by atoms with Gasteiger partial charge in [-0.05, 0) is 77.9 Å². The van der Waals surface area contributed by atoms with E-state index in [0.717, 1.165) is 20.8 Å². The first-order valence-corrected chi connectivity index (χ1v) is 15.1. The zero-order valence-electron chi connectivity index (χ0n) is 24.1. The standard InChI is InChI=1S/C33H32BrClN4O4/c1-4-19(2)31(40)37-27-18-39(32(41)20-5-10-24(36)11-6-20)29-16-23(35)9-13-28(29)38(33(27)42)17-26-25-12-8-22(34)15-21(25)7-14-30(26)43-3/h5-16,19,27H,4,17-18,36H2,1-3H3,(H,37,40)/t19-,27+/m1/s1. The summed E-state index contributed by atoms with van der Waals surface area (Å²) in [5, 5.41) is 5.20. The van der Waals surface area contributed by atoms with Crippen LogP contribution >= 0.6 is 27.5 Å². The molecule has 222 valence electrons. The summed E-state index contributed by atoms with van der Waals surface area (Å²) >= 11 is 10.0. The largest absolute Gasteiger partial charge is 0.496 e. The van der Waals surface area contributed by atoms with Gasteiger partial charge >= 0.3 is 0 Å². The molecule has 0 radical (unpaired) electrons. The van der Waals surface area contributed by atoms with E-state index in [0.29, 0.717) is 39.8 Å². The topological polar surface area (TPSA) is 105 Å². The molecule has 0 unspecified atom stereocenters. The first-order valence-electron chi connectivity index (χ1n) is 13.9. The van der Waals surface area contributed by atoms with Crippen LogP contribution in [0.25, 0.3) is 10.8 Å². The molecular weight excluding hydrogens is 632 g/mol. The van der Waals surface area contributed by atoms with Crippen molar-refractivity contribution in [1.29, 1.82) is 0 Å². The highest BCUT2D eigenvalue weighted by atomic mass is 79.9. The van der Waals surface area contributed by atoms with Crippen molar-refractivity contribution in [2.24, 2.45) is 5.92 Å². The number of carbonyl (C=O) groups excluding carboxylic acids is 3. The van der Waals surface area contributed by atoms with Gasteiger partial charge in [-0.2, -0.15) is 0 Å². The van der Waals surface area contributed by atoms with E-state index in [4.69, 9.17) is 22.1 Å². The second-order valence-electron chi connectivity index (χ2n) is 10.6. The zero-order chi connectivity index (χ0) is 30.8. The van der Waals surface area contributed by atoms with E-state index >= 15 is 0 Å². The Morgan fingerprint density at radius 1 is 1.07 bits per heavy atom. The Balaban J connectivity index is 1.68. The number of fused-ring (bicyclic) bond motifs is 2. The highest BCUT2D eigenvalue weighted by Gasteiger charge is 2.38. The first kappa shape index (κ1) is 30.4. The van der Waals surface area contributed by atoms with Crippen LogP contribution in [0.4, 0.5) is 17.1 Å². The number of hydrogen-bond acceptors (Lipinski definition) is 5. The quantitative estimate of drug-likeness (QED) is 0.218. The summed E-state index contributed by atoms with van der Waals surface area (Å²) in [6.07, 6.45) is 0.600. The molecule has 1 heterocycles. The van der Waals surface area contributed by atoms with Gasteiger partial charge in [0.2, 0.25) is 5.91 Å². The number of anilines is 3. The molecule has 10 heteroatoms. The van der Waals surface area contributed by atoms with E-state index in [9.17, 15) is 14.4 Å². The summed E-state index contributed by atoms with van der Waals surface area (Å²) in [5.41, 5.74) is 8.49. The number of nitrogen functional groups attached to an aromatic ring is 1. The molecule has 0 fully saturated rings. The van der Waals surface area contributed by atoms with Gasteiger partial charge in [0.05, 0.1) is 31.6 Å². The van der Waals surface area contributed by atoms with Crippen molar-refractivity contribution < 1.29 is 19.1 Å². The minimum absolute atomic E-state index is 0.0896. The van der Waals surface area contributed by atoms with Gasteiger partial charge in [0.15, 0.2) is 0 Å². The lowest BCUT2D eigenvalue weighted by Gasteiger charge is -2.27. The number of methoxy groups -OCH3 is 1. The fraction of sp³-hybridized carbons (Fsp3) is 0.242. The lowest BCUT2D eigenvalue weighted by atomic mass is 10.0. The van der Waals surface area contributed by atoms with Gasteiger partial charge in [0.25, 0.3) is 11.8 Å². The summed E-state index contributed by atoms with van der Waals surface area (Å²) in [5.74, 6) is -0.689. The van der Waals surface area contributed by atoms with Crippen LogP contribution in [-0.2, 0) is 16.1 Å². The van der Waals surface area contributed by atoms with Gasteiger partial charge in [0, 0.05) is 32.2 Å². The minimum Gasteiger partial charge on any atom is -0.496 e. The predicted octanol–water partition coefficient (Wildman–Crippen LogP) is 6.57. The van der Waals surface area contributed by atoms with E-state index in [1.54, 1.807) is 61.4 Å².